The second kappa shape index (κ2) is 4.43. The molecule has 1 atom stereocenters. The Kier molecular flexibility index (Phi) is 2.99. The SMILES string of the molecule is COC(=O)c1ccc([C@@H]2CCCC2=O)nc1. The van der Waals surface area contributed by atoms with Crippen LogP contribution in [0, 0.1) is 0 Å². The summed E-state index contributed by atoms with van der Waals surface area (Å²) in [6.45, 7) is 0. The number of nitrogens with zero attached hydrogens (tertiary/aromatic N) is 1. The predicted octanol–water partition coefficient (Wildman–Crippen LogP) is 1.70. The Labute approximate surface area is 93.6 Å². The molecule has 1 saturated carbocycles. The quantitative estimate of drug-likeness (QED) is 0.710. The molecule has 1 aliphatic carbocycles. The van der Waals surface area contributed by atoms with Crippen molar-refractivity contribution in [3.8, 4) is 0 Å². The Bertz CT molecular complexity index is 411. The first-order valence-corrected chi connectivity index (χ1v) is 5.29. The van der Waals surface area contributed by atoms with Crippen molar-refractivity contribution in [3.05, 3.63) is 29.6 Å². The molecule has 1 aromatic heterocycles. The highest BCUT2D eigenvalue weighted by molar-refractivity contribution is 5.89. The third kappa shape index (κ3) is 1.96. The first-order chi connectivity index (χ1) is 7.72. The lowest BCUT2D eigenvalue weighted by atomic mass is 10.0. The summed E-state index contributed by atoms with van der Waals surface area (Å²) in [5, 5.41) is 0. The van der Waals surface area contributed by atoms with Gasteiger partial charge < -0.3 is 4.74 Å². The molecule has 84 valence electrons. The summed E-state index contributed by atoms with van der Waals surface area (Å²) >= 11 is 0. The van der Waals surface area contributed by atoms with Gasteiger partial charge in [0.1, 0.15) is 5.78 Å². The summed E-state index contributed by atoms with van der Waals surface area (Å²) in [6, 6.07) is 3.39. The molecule has 0 unspecified atom stereocenters. The summed E-state index contributed by atoms with van der Waals surface area (Å²) in [5.74, 6) is -0.234. The minimum absolute atomic E-state index is 0.0771. The van der Waals surface area contributed by atoms with Gasteiger partial charge in [-0.2, -0.15) is 0 Å². The Morgan fingerprint density at radius 2 is 2.31 bits per heavy atom. The van der Waals surface area contributed by atoms with E-state index in [0.717, 1.165) is 18.5 Å². The van der Waals surface area contributed by atoms with Gasteiger partial charge in [-0.1, -0.05) is 0 Å². The van der Waals surface area contributed by atoms with Crippen LogP contribution in [0.1, 0.15) is 41.2 Å². The van der Waals surface area contributed by atoms with Gasteiger partial charge in [0.05, 0.1) is 24.3 Å². The lowest BCUT2D eigenvalue weighted by molar-refractivity contribution is -0.118. The molecule has 2 rings (SSSR count). The van der Waals surface area contributed by atoms with Crippen LogP contribution >= 0.6 is 0 Å². The molecule has 0 saturated heterocycles. The molecule has 4 heteroatoms. The molecule has 0 N–H and O–H groups in total. The van der Waals surface area contributed by atoms with Crippen molar-refractivity contribution >= 4 is 11.8 Å². The van der Waals surface area contributed by atoms with Crippen molar-refractivity contribution in [2.24, 2.45) is 0 Å². The predicted molar refractivity (Wildman–Crippen MR) is 57.2 cm³/mol. The van der Waals surface area contributed by atoms with Crippen LogP contribution in [0.3, 0.4) is 0 Å². The van der Waals surface area contributed by atoms with Crippen LogP contribution in [0.2, 0.25) is 0 Å². The van der Waals surface area contributed by atoms with Crippen molar-refractivity contribution in [1.82, 2.24) is 4.98 Å². The summed E-state index contributed by atoms with van der Waals surface area (Å²) in [6.07, 6.45) is 3.91. The van der Waals surface area contributed by atoms with E-state index in [2.05, 4.69) is 9.72 Å². The van der Waals surface area contributed by atoms with Crippen LogP contribution in [0.15, 0.2) is 18.3 Å². The smallest absolute Gasteiger partial charge is 0.339 e. The second-order valence-corrected chi connectivity index (χ2v) is 3.87. The monoisotopic (exact) mass is 219 g/mol. The zero-order valence-corrected chi connectivity index (χ0v) is 9.10. The number of esters is 1. The molecular weight excluding hydrogens is 206 g/mol. The van der Waals surface area contributed by atoms with Crippen LogP contribution in [0.25, 0.3) is 0 Å². The number of ether oxygens (including phenoxy) is 1. The van der Waals surface area contributed by atoms with E-state index in [1.54, 1.807) is 12.1 Å². The van der Waals surface area contributed by atoms with Gasteiger partial charge in [-0.05, 0) is 25.0 Å². The van der Waals surface area contributed by atoms with Gasteiger partial charge in [0.25, 0.3) is 0 Å². The number of hydrogen-bond acceptors (Lipinski definition) is 4. The van der Waals surface area contributed by atoms with E-state index in [-0.39, 0.29) is 11.7 Å². The molecule has 0 aliphatic heterocycles. The zero-order chi connectivity index (χ0) is 11.5. The van der Waals surface area contributed by atoms with Crippen LogP contribution in [0.4, 0.5) is 0 Å². The summed E-state index contributed by atoms with van der Waals surface area (Å²) in [7, 11) is 1.33. The van der Waals surface area contributed by atoms with Crippen molar-refractivity contribution in [1.29, 1.82) is 0 Å². The number of methoxy groups -OCH3 is 1. The Balaban J connectivity index is 2.19. The van der Waals surface area contributed by atoms with E-state index in [1.807, 2.05) is 0 Å². The summed E-state index contributed by atoms with van der Waals surface area (Å²) < 4.78 is 4.58. The number of carbonyl (C=O) groups excluding carboxylic acids is 2. The highest BCUT2D eigenvalue weighted by atomic mass is 16.5. The first-order valence-electron chi connectivity index (χ1n) is 5.29. The third-order valence-corrected chi connectivity index (χ3v) is 2.87. The maximum Gasteiger partial charge on any atom is 0.339 e. The lowest BCUT2D eigenvalue weighted by Crippen LogP contribution is -2.08. The minimum Gasteiger partial charge on any atom is -0.465 e. The second-order valence-electron chi connectivity index (χ2n) is 3.87. The number of aromatic nitrogens is 1. The highest BCUT2D eigenvalue weighted by Gasteiger charge is 2.27. The number of rotatable bonds is 2. The fourth-order valence-electron chi connectivity index (χ4n) is 1.98. The van der Waals surface area contributed by atoms with E-state index in [0.29, 0.717) is 12.0 Å². The third-order valence-electron chi connectivity index (χ3n) is 2.87. The summed E-state index contributed by atoms with van der Waals surface area (Å²) in [5.41, 5.74) is 1.17. The van der Waals surface area contributed by atoms with Gasteiger partial charge in [0.15, 0.2) is 0 Å². The van der Waals surface area contributed by atoms with Crippen molar-refractivity contribution < 1.29 is 14.3 Å². The fourth-order valence-corrected chi connectivity index (χ4v) is 1.98. The fraction of sp³-hybridized carbons (Fsp3) is 0.417. The molecule has 16 heavy (non-hydrogen) atoms. The Hall–Kier alpha value is -1.71. The van der Waals surface area contributed by atoms with E-state index in [9.17, 15) is 9.59 Å². The molecule has 1 fully saturated rings. The number of Topliss-reactive ketones (excluding diaryl/α,β-unsaturated/α-hetero) is 1. The van der Waals surface area contributed by atoms with Crippen molar-refractivity contribution in [2.75, 3.05) is 7.11 Å². The van der Waals surface area contributed by atoms with Gasteiger partial charge in [-0.3, -0.25) is 9.78 Å². The van der Waals surface area contributed by atoms with Gasteiger partial charge in [0, 0.05) is 12.6 Å². The molecule has 0 aromatic carbocycles. The molecule has 0 amide bonds. The standard InChI is InChI=1S/C12H13NO3/c1-16-12(15)8-5-6-10(13-7-8)9-3-2-4-11(9)14/h5-7,9H,2-4H2,1H3/t9-/m0/s1. The van der Waals surface area contributed by atoms with Crippen LogP contribution < -0.4 is 0 Å². The minimum atomic E-state index is -0.406. The number of pyridine rings is 1. The maximum absolute atomic E-state index is 11.5. The van der Waals surface area contributed by atoms with E-state index >= 15 is 0 Å². The Morgan fingerprint density at radius 1 is 1.50 bits per heavy atom. The maximum atomic E-state index is 11.5. The van der Waals surface area contributed by atoms with E-state index in [1.165, 1.54) is 13.3 Å². The summed E-state index contributed by atoms with van der Waals surface area (Å²) in [4.78, 5) is 26.9. The van der Waals surface area contributed by atoms with Gasteiger partial charge >= 0.3 is 5.97 Å². The van der Waals surface area contributed by atoms with Crippen molar-refractivity contribution in [3.63, 3.8) is 0 Å². The topological polar surface area (TPSA) is 56.3 Å². The molecule has 0 bridgehead atoms. The number of carbonyl (C=O) groups is 2. The molecule has 1 heterocycles. The zero-order valence-electron chi connectivity index (χ0n) is 9.10. The van der Waals surface area contributed by atoms with Gasteiger partial charge in [0.2, 0.25) is 0 Å². The average Bonchev–Trinajstić information content (AvgIpc) is 2.75. The molecule has 1 aromatic rings. The van der Waals surface area contributed by atoms with Crippen LogP contribution in [-0.4, -0.2) is 23.8 Å². The average molecular weight is 219 g/mol. The molecule has 1 aliphatic rings. The lowest BCUT2D eigenvalue weighted by Gasteiger charge is -2.07. The molecular formula is C12H13NO3. The van der Waals surface area contributed by atoms with Crippen molar-refractivity contribution in [2.45, 2.75) is 25.2 Å². The molecule has 0 radical (unpaired) electrons. The molecule has 4 nitrogen and oxygen atoms in total. The Morgan fingerprint density at radius 3 is 2.81 bits per heavy atom. The number of ketones is 1. The van der Waals surface area contributed by atoms with E-state index in [4.69, 9.17) is 0 Å². The van der Waals surface area contributed by atoms with Crippen LogP contribution in [-0.2, 0) is 9.53 Å². The highest BCUT2D eigenvalue weighted by Crippen LogP contribution is 2.29. The van der Waals surface area contributed by atoms with Gasteiger partial charge in [-0.15, -0.1) is 0 Å². The van der Waals surface area contributed by atoms with Crippen LogP contribution in [0.5, 0.6) is 0 Å². The first kappa shape index (κ1) is 10.8. The van der Waals surface area contributed by atoms with Gasteiger partial charge in [-0.25, -0.2) is 4.79 Å². The normalized spacial score (nSPS) is 19.8. The molecule has 0 spiro atoms. The van der Waals surface area contributed by atoms with E-state index < -0.39 is 5.97 Å². The number of hydrogen-bond donors (Lipinski definition) is 0. The largest absolute Gasteiger partial charge is 0.465 e.